The van der Waals surface area contributed by atoms with Crippen molar-refractivity contribution >= 4 is 22.9 Å². The van der Waals surface area contributed by atoms with Gasteiger partial charge < -0.3 is 15.0 Å². The molecule has 4 rings (SSSR count). The molecule has 0 radical (unpaired) electrons. The van der Waals surface area contributed by atoms with Gasteiger partial charge in [-0.2, -0.15) is 0 Å². The molecule has 3 aromatic rings. The number of piperazine rings is 1. The number of methoxy groups -OCH3 is 1. The number of thiophene rings is 1. The molecule has 2 aromatic carbocycles. The van der Waals surface area contributed by atoms with Gasteiger partial charge in [-0.15, -0.1) is 11.3 Å². The van der Waals surface area contributed by atoms with Crippen molar-refractivity contribution in [3.63, 3.8) is 0 Å². The van der Waals surface area contributed by atoms with E-state index in [9.17, 15) is 4.79 Å². The van der Waals surface area contributed by atoms with Crippen LogP contribution in [0.15, 0.2) is 72.1 Å². The van der Waals surface area contributed by atoms with E-state index in [4.69, 9.17) is 4.74 Å². The third kappa shape index (κ3) is 5.09. The van der Waals surface area contributed by atoms with E-state index in [1.807, 2.05) is 12.1 Å². The quantitative estimate of drug-likeness (QED) is 0.596. The van der Waals surface area contributed by atoms with Crippen LogP contribution in [-0.2, 0) is 0 Å². The molecule has 2 atom stereocenters. The highest BCUT2D eigenvalue weighted by Crippen LogP contribution is 2.30. The second kappa shape index (κ2) is 9.98. The van der Waals surface area contributed by atoms with Crippen LogP contribution in [0.25, 0.3) is 0 Å². The summed E-state index contributed by atoms with van der Waals surface area (Å²) >= 11 is 1.75. The first-order chi connectivity index (χ1) is 15.2. The summed E-state index contributed by atoms with van der Waals surface area (Å²) in [7, 11) is 1.63. The minimum atomic E-state index is -0.0559. The zero-order valence-electron chi connectivity index (χ0n) is 18.0. The number of carbonyl (C=O) groups excluding carboxylic acids is 1. The minimum Gasteiger partial charge on any atom is -0.497 e. The molecular formula is C25H29N3O2S. The van der Waals surface area contributed by atoms with E-state index in [0.717, 1.165) is 31.9 Å². The topological polar surface area (TPSA) is 44.8 Å². The molecular weight excluding hydrogens is 406 g/mol. The fourth-order valence-corrected chi connectivity index (χ4v) is 5.17. The number of nitrogens with zero attached hydrogens (tertiary/aromatic N) is 2. The number of benzene rings is 2. The monoisotopic (exact) mass is 435 g/mol. The number of rotatable bonds is 7. The fourth-order valence-electron chi connectivity index (χ4n) is 4.21. The summed E-state index contributed by atoms with van der Waals surface area (Å²) in [6.45, 7) is 5.98. The molecule has 1 aliphatic rings. The smallest absolute Gasteiger partial charge is 0.251 e. The van der Waals surface area contributed by atoms with Crippen LogP contribution in [0.3, 0.4) is 0 Å². The highest BCUT2D eigenvalue weighted by molar-refractivity contribution is 7.10. The average molecular weight is 436 g/mol. The number of hydrogen-bond donors (Lipinski definition) is 1. The highest BCUT2D eigenvalue weighted by Gasteiger charge is 2.31. The van der Waals surface area contributed by atoms with Crippen LogP contribution in [-0.4, -0.2) is 50.1 Å². The lowest BCUT2D eigenvalue weighted by Crippen LogP contribution is -2.52. The molecule has 1 N–H and O–H groups in total. The van der Waals surface area contributed by atoms with Gasteiger partial charge in [0.05, 0.1) is 13.2 Å². The van der Waals surface area contributed by atoms with Crippen LogP contribution in [0.2, 0.25) is 0 Å². The summed E-state index contributed by atoms with van der Waals surface area (Å²) in [6, 6.07) is 22.2. The van der Waals surface area contributed by atoms with Crippen molar-refractivity contribution < 1.29 is 9.53 Å². The van der Waals surface area contributed by atoms with Crippen LogP contribution in [0.1, 0.15) is 28.2 Å². The molecule has 162 valence electrons. The molecule has 0 spiro atoms. The van der Waals surface area contributed by atoms with E-state index >= 15 is 0 Å². The van der Waals surface area contributed by atoms with Crippen LogP contribution >= 0.6 is 11.3 Å². The predicted molar refractivity (Wildman–Crippen MR) is 127 cm³/mol. The first-order valence-corrected chi connectivity index (χ1v) is 11.6. The Morgan fingerprint density at radius 3 is 2.29 bits per heavy atom. The molecule has 0 bridgehead atoms. The van der Waals surface area contributed by atoms with Gasteiger partial charge in [-0.1, -0.05) is 24.3 Å². The van der Waals surface area contributed by atoms with Crippen molar-refractivity contribution in [1.82, 2.24) is 10.2 Å². The summed E-state index contributed by atoms with van der Waals surface area (Å²) in [6.07, 6.45) is 0. The normalized spacial score (nSPS) is 16.5. The maximum Gasteiger partial charge on any atom is 0.251 e. The van der Waals surface area contributed by atoms with E-state index in [1.54, 1.807) is 30.6 Å². The summed E-state index contributed by atoms with van der Waals surface area (Å²) in [5.41, 5.74) is 1.92. The maximum atomic E-state index is 12.9. The Morgan fingerprint density at radius 2 is 1.68 bits per heavy atom. The molecule has 2 heterocycles. The van der Waals surface area contributed by atoms with Crippen molar-refractivity contribution in [2.24, 2.45) is 0 Å². The Balaban J connectivity index is 1.45. The van der Waals surface area contributed by atoms with Crippen molar-refractivity contribution in [1.29, 1.82) is 0 Å². The van der Waals surface area contributed by atoms with Crippen LogP contribution in [0.4, 0.5) is 5.69 Å². The number of para-hydroxylation sites is 1. The Kier molecular flexibility index (Phi) is 6.89. The van der Waals surface area contributed by atoms with Gasteiger partial charge in [0.1, 0.15) is 5.75 Å². The number of hydrogen-bond acceptors (Lipinski definition) is 5. The van der Waals surface area contributed by atoms with Gasteiger partial charge in [-0.25, -0.2) is 0 Å². The predicted octanol–water partition coefficient (Wildman–Crippen LogP) is 4.44. The zero-order chi connectivity index (χ0) is 21.6. The van der Waals surface area contributed by atoms with Crippen molar-refractivity contribution in [2.75, 3.05) is 38.2 Å². The van der Waals surface area contributed by atoms with E-state index in [-0.39, 0.29) is 18.0 Å². The van der Waals surface area contributed by atoms with Gasteiger partial charge in [0.2, 0.25) is 0 Å². The van der Waals surface area contributed by atoms with Gasteiger partial charge in [0.15, 0.2) is 0 Å². The summed E-state index contributed by atoms with van der Waals surface area (Å²) < 4.78 is 5.20. The number of ether oxygens (including phenoxy) is 1. The molecule has 1 aromatic heterocycles. The number of amides is 1. The lowest BCUT2D eigenvalue weighted by Gasteiger charge is -2.42. The minimum absolute atomic E-state index is 0.0171. The average Bonchev–Trinajstić information content (AvgIpc) is 3.34. The van der Waals surface area contributed by atoms with Gasteiger partial charge in [-0.05, 0) is 54.8 Å². The van der Waals surface area contributed by atoms with Gasteiger partial charge in [-0.3, -0.25) is 9.69 Å². The Hall–Kier alpha value is -2.83. The van der Waals surface area contributed by atoms with Crippen LogP contribution in [0, 0.1) is 0 Å². The van der Waals surface area contributed by atoms with Crippen molar-refractivity contribution in [2.45, 2.75) is 19.0 Å². The third-order valence-electron chi connectivity index (χ3n) is 5.85. The number of anilines is 1. The first kappa shape index (κ1) is 21.4. The van der Waals surface area contributed by atoms with Gasteiger partial charge in [0.25, 0.3) is 5.91 Å². The summed E-state index contributed by atoms with van der Waals surface area (Å²) in [5, 5.41) is 5.35. The molecule has 1 fully saturated rings. The molecule has 5 nitrogen and oxygen atoms in total. The molecule has 1 amide bonds. The van der Waals surface area contributed by atoms with E-state index in [0.29, 0.717) is 5.56 Å². The van der Waals surface area contributed by atoms with Crippen molar-refractivity contribution in [3.05, 3.63) is 82.6 Å². The van der Waals surface area contributed by atoms with Gasteiger partial charge in [0, 0.05) is 48.3 Å². The SMILES string of the molecule is COc1ccc(C(=O)N[C@H](C)[C@H](c2cccs2)N2CCN(c3ccccc3)CC2)cc1. The number of nitrogens with one attached hydrogen (secondary N) is 1. The lowest BCUT2D eigenvalue weighted by atomic mass is 10.0. The van der Waals surface area contributed by atoms with Crippen molar-refractivity contribution in [3.8, 4) is 5.75 Å². The summed E-state index contributed by atoms with van der Waals surface area (Å²) in [5.74, 6) is 0.692. The summed E-state index contributed by atoms with van der Waals surface area (Å²) in [4.78, 5) is 19.1. The van der Waals surface area contributed by atoms with E-state index in [1.165, 1.54) is 10.6 Å². The molecule has 0 saturated carbocycles. The van der Waals surface area contributed by atoms with E-state index < -0.39 is 0 Å². The zero-order valence-corrected chi connectivity index (χ0v) is 18.8. The highest BCUT2D eigenvalue weighted by atomic mass is 32.1. The molecule has 6 heteroatoms. The standard InChI is InChI=1S/C25H29N3O2S/c1-19(26-25(29)20-10-12-22(30-2)13-11-20)24(23-9-6-18-31-23)28-16-14-27(15-17-28)21-7-4-3-5-8-21/h3-13,18-19,24H,14-17H2,1-2H3,(H,26,29)/t19-,24-/m1/s1. The molecule has 0 unspecified atom stereocenters. The Bertz CT molecular complexity index is 952. The lowest BCUT2D eigenvalue weighted by molar-refractivity contribution is 0.0890. The fraction of sp³-hybridized carbons (Fsp3) is 0.320. The van der Waals surface area contributed by atoms with Crippen LogP contribution < -0.4 is 15.0 Å². The van der Waals surface area contributed by atoms with Crippen LogP contribution in [0.5, 0.6) is 5.75 Å². The third-order valence-corrected chi connectivity index (χ3v) is 6.79. The largest absolute Gasteiger partial charge is 0.497 e. The first-order valence-electron chi connectivity index (χ1n) is 10.7. The Labute approximate surface area is 188 Å². The number of carbonyl (C=O) groups is 1. The Morgan fingerprint density at radius 1 is 0.968 bits per heavy atom. The molecule has 0 aliphatic carbocycles. The van der Waals surface area contributed by atoms with Gasteiger partial charge >= 0.3 is 0 Å². The van der Waals surface area contributed by atoms with E-state index in [2.05, 4.69) is 69.9 Å². The second-order valence-electron chi connectivity index (χ2n) is 7.81. The molecule has 1 aliphatic heterocycles. The molecule has 31 heavy (non-hydrogen) atoms. The second-order valence-corrected chi connectivity index (χ2v) is 8.79. The molecule has 1 saturated heterocycles. The maximum absolute atomic E-state index is 12.9.